The summed E-state index contributed by atoms with van der Waals surface area (Å²) in [6.07, 6.45) is 4.03. The fourth-order valence-corrected chi connectivity index (χ4v) is 3.60. The molecule has 0 bridgehead atoms. The number of methoxy groups -OCH3 is 1. The average molecular weight is 389 g/mol. The first-order valence-electron chi connectivity index (χ1n) is 8.82. The molecule has 0 atom stereocenters. The maximum Gasteiger partial charge on any atom is 0.255 e. The Kier molecular flexibility index (Phi) is 5.30. The van der Waals surface area contributed by atoms with Crippen LogP contribution in [0.2, 0.25) is 0 Å². The van der Waals surface area contributed by atoms with E-state index in [9.17, 15) is 4.79 Å². The van der Waals surface area contributed by atoms with Crippen molar-refractivity contribution in [2.45, 2.75) is 10.6 Å². The number of hydrogen-bond acceptors (Lipinski definition) is 4. The molecular formula is C22H19N3O2S. The van der Waals surface area contributed by atoms with Gasteiger partial charge in [-0.2, -0.15) is 0 Å². The SMILES string of the molecule is COc1cccc(NC(=O)c2ccc(SCc3cn4ccccc4n3)cc2)c1. The monoisotopic (exact) mass is 389 g/mol. The first-order valence-corrected chi connectivity index (χ1v) is 9.81. The van der Waals surface area contributed by atoms with Crippen LogP contribution >= 0.6 is 11.8 Å². The topological polar surface area (TPSA) is 55.6 Å². The van der Waals surface area contributed by atoms with E-state index in [0.29, 0.717) is 17.0 Å². The van der Waals surface area contributed by atoms with Gasteiger partial charge in [-0.3, -0.25) is 4.79 Å². The van der Waals surface area contributed by atoms with E-state index in [4.69, 9.17) is 4.74 Å². The van der Waals surface area contributed by atoms with Crippen LogP contribution in [0.5, 0.6) is 5.75 Å². The molecule has 0 spiro atoms. The van der Waals surface area contributed by atoms with Crippen LogP contribution in [0.1, 0.15) is 16.1 Å². The van der Waals surface area contributed by atoms with Crippen LogP contribution in [0.3, 0.4) is 0 Å². The van der Waals surface area contributed by atoms with E-state index in [1.165, 1.54) is 0 Å². The number of thioether (sulfide) groups is 1. The number of imidazole rings is 1. The first kappa shape index (κ1) is 18.1. The number of nitrogens with zero attached hydrogens (tertiary/aromatic N) is 2. The van der Waals surface area contributed by atoms with Gasteiger partial charge in [0, 0.05) is 40.4 Å². The maximum absolute atomic E-state index is 12.4. The molecule has 140 valence electrons. The number of carbonyl (C=O) groups is 1. The smallest absolute Gasteiger partial charge is 0.255 e. The van der Waals surface area contributed by atoms with Gasteiger partial charge >= 0.3 is 0 Å². The second-order valence-electron chi connectivity index (χ2n) is 6.20. The molecule has 0 saturated carbocycles. The molecular weight excluding hydrogens is 370 g/mol. The molecule has 2 aromatic carbocycles. The molecule has 0 aliphatic carbocycles. The van der Waals surface area contributed by atoms with E-state index in [1.54, 1.807) is 24.9 Å². The van der Waals surface area contributed by atoms with Crippen LogP contribution in [0.15, 0.2) is 84.0 Å². The lowest BCUT2D eigenvalue weighted by molar-refractivity contribution is 0.102. The summed E-state index contributed by atoms with van der Waals surface area (Å²) in [4.78, 5) is 18.1. The molecule has 6 heteroatoms. The summed E-state index contributed by atoms with van der Waals surface area (Å²) in [6, 6.07) is 20.8. The van der Waals surface area contributed by atoms with Gasteiger partial charge in [0.05, 0.1) is 12.8 Å². The van der Waals surface area contributed by atoms with Crippen LogP contribution in [-0.4, -0.2) is 22.4 Å². The van der Waals surface area contributed by atoms with E-state index in [0.717, 1.165) is 22.0 Å². The van der Waals surface area contributed by atoms with E-state index >= 15 is 0 Å². The normalized spacial score (nSPS) is 10.8. The van der Waals surface area contributed by atoms with Gasteiger partial charge in [-0.25, -0.2) is 4.98 Å². The van der Waals surface area contributed by atoms with Crippen LogP contribution in [0, 0.1) is 0 Å². The Labute approximate surface area is 167 Å². The molecule has 2 aromatic heterocycles. The lowest BCUT2D eigenvalue weighted by Gasteiger charge is -2.07. The molecule has 0 saturated heterocycles. The second kappa shape index (κ2) is 8.19. The lowest BCUT2D eigenvalue weighted by Crippen LogP contribution is -2.11. The molecule has 1 N–H and O–H groups in total. The zero-order valence-electron chi connectivity index (χ0n) is 15.3. The number of amides is 1. The lowest BCUT2D eigenvalue weighted by atomic mass is 10.2. The fraction of sp³-hybridized carbons (Fsp3) is 0.0909. The van der Waals surface area contributed by atoms with Gasteiger partial charge < -0.3 is 14.5 Å². The molecule has 0 aliphatic rings. The minimum absolute atomic E-state index is 0.148. The molecule has 0 radical (unpaired) electrons. The largest absolute Gasteiger partial charge is 0.497 e. The molecule has 28 heavy (non-hydrogen) atoms. The number of aromatic nitrogens is 2. The van der Waals surface area contributed by atoms with Gasteiger partial charge in [-0.05, 0) is 48.5 Å². The van der Waals surface area contributed by atoms with Gasteiger partial charge in [0.25, 0.3) is 5.91 Å². The highest BCUT2D eigenvalue weighted by atomic mass is 32.2. The van der Waals surface area contributed by atoms with Crippen molar-refractivity contribution in [3.63, 3.8) is 0 Å². The number of fused-ring (bicyclic) bond motifs is 1. The number of carbonyl (C=O) groups excluding carboxylic acids is 1. The quantitative estimate of drug-likeness (QED) is 0.477. The number of ether oxygens (including phenoxy) is 1. The first-order chi connectivity index (χ1) is 13.7. The number of benzene rings is 2. The van der Waals surface area contributed by atoms with Crippen molar-refractivity contribution in [3.8, 4) is 5.75 Å². The summed E-state index contributed by atoms with van der Waals surface area (Å²) in [6.45, 7) is 0. The Morgan fingerprint density at radius 3 is 2.75 bits per heavy atom. The number of nitrogens with one attached hydrogen (secondary N) is 1. The van der Waals surface area contributed by atoms with Crippen molar-refractivity contribution >= 4 is 29.0 Å². The molecule has 4 aromatic rings. The molecule has 0 fully saturated rings. The molecule has 4 rings (SSSR count). The van der Waals surface area contributed by atoms with E-state index < -0.39 is 0 Å². The predicted octanol–water partition coefficient (Wildman–Crippen LogP) is 4.89. The molecule has 0 aliphatic heterocycles. The predicted molar refractivity (Wildman–Crippen MR) is 112 cm³/mol. The highest BCUT2D eigenvalue weighted by Gasteiger charge is 2.08. The van der Waals surface area contributed by atoms with Gasteiger partial charge in [-0.1, -0.05) is 12.1 Å². The molecule has 1 amide bonds. The third-order valence-corrected chi connectivity index (χ3v) is 5.29. The third kappa shape index (κ3) is 4.18. The van der Waals surface area contributed by atoms with Crippen molar-refractivity contribution in [2.24, 2.45) is 0 Å². The van der Waals surface area contributed by atoms with Crippen LogP contribution in [0.25, 0.3) is 5.65 Å². The van der Waals surface area contributed by atoms with E-state index in [2.05, 4.69) is 10.3 Å². The van der Waals surface area contributed by atoms with Crippen molar-refractivity contribution < 1.29 is 9.53 Å². The number of rotatable bonds is 6. The van der Waals surface area contributed by atoms with Crippen molar-refractivity contribution in [3.05, 3.63) is 90.4 Å². The minimum atomic E-state index is -0.148. The third-order valence-electron chi connectivity index (χ3n) is 4.24. The molecule has 2 heterocycles. The second-order valence-corrected chi connectivity index (χ2v) is 7.25. The van der Waals surface area contributed by atoms with Crippen LogP contribution < -0.4 is 10.1 Å². The summed E-state index contributed by atoms with van der Waals surface area (Å²) in [5.41, 5.74) is 3.29. The van der Waals surface area contributed by atoms with Crippen molar-refractivity contribution in [2.75, 3.05) is 12.4 Å². The van der Waals surface area contributed by atoms with E-state index in [-0.39, 0.29) is 5.91 Å². The zero-order chi connectivity index (χ0) is 19.3. The summed E-state index contributed by atoms with van der Waals surface area (Å²) >= 11 is 1.69. The number of hydrogen-bond donors (Lipinski definition) is 1. The Morgan fingerprint density at radius 2 is 1.96 bits per heavy atom. The van der Waals surface area contributed by atoms with Crippen molar-refractivity contribution in [1.82, 2.24) is 9.38 Å². The highest BCUT2D eigenvalue weighted by Crippen LogP contribution is 2.24. The van der Waals surface area contributed by atoms with Crippen LogP contribution in [0.4, 0.5) is 5.69 Å². The van der Waals surface area contributed by atoms with Gasteiger partial charge in [-0.15, -0.1) is 11.8 Å². The zero-order valence-corrected chi connectivity index (χ0v) is 16.1. The number of pyridine rings is 1. The maximum atomic E-state index is 12.4. The minimum Gasteiger partial charge on any atom is -0.497 e. The van der Waals surface area contributed by atoms with Crippen LogP contribution in [-0.2, 0) is 5.75 Å². The fourth-order valence-electron chi connectivity index (χ4n) is 2.82. The summed E-state index contributed by atoms with van der Waals surface area (Å²) in [5, 5.41) is 2.89. The van der Waals surface area contributed by atoms with Gasteiger partial charge in [0.1, 0.15) is 11.4 Å². The Hall–Kier alpha value is -3.25. The van der Waals surface area contributed by atoms with Gasteiger partial charge in [0.2, 0.25) is 0 Å². The Morgan fingerprint density at radius 1 is 1.11 bits per heavy atom. The average Bonchev–Trinajstić information content (AvgIpc) is 3.16. The Bertz CT molecular complexity index is 1070. The van der Waals surface area contributed by atoms with Crippen molar-refractivity contribution in [1.29, 1.82) is 0 Å². The Balaban J connectivity index is 1.38. The standard InChI is InChI=1S/C22H19N3O2S/c1-27-19-6-4-5-17(13-19)24-22(26)16-8-10-20(11-9-16)28-15-18-14-25-12-3-2-7-21(25)23-18/h2-14H,15H2,1H3,(H,24,26). The van der Waals surface area contributed by atoms with E-state index in [1.807, 2.05) is 77.5 Å². The summed E-state index contributed by atoms with van der Waals surface area (Å²) in [7, 11) is 1.60. The molecule has 0 unspecified atom stereocenters. The highest BCUT2D eigenvalue weighted by molar-refractivity contribution is 7.98. The molecule has 5 nitrogen and oxygen atoms in total. The summed E-state index contributed by atoms with van der Waals surface area (Å²) < 4.78 is 7.20. The number of anilines is 1. The summed E-state index contributed by atoms with van der Waals surface area (Å²) in [5.74, 6) is 1.33. The van der Waals surface area contributed by atoms with Gasteiger partial charge in [0.15, 0.2) is 0 Å².